The Kier molecular flexibility index (Phi) is 4.59. The van der Waals surface area contributed by atoms with Crippen LogP contribution in [-0.2, 0) is 11.2 Å². The van der Waals surface area contributed by atoms with Crippen LogP contribution in [0.15, 0.2) is 18.2 Å². The van der Waals surface area contributed by atoms with E-state index in [0.717, 1.165) is 5.56 Å². The average Bonchev–Trinajstić information content (AvgIpc) is 2.53. The van der Waals surface area contributed by atoms with E-state index in [1.54, 1.807) is 11.0 Å². The van der Waals surface area contributed by atoms with Crippen LogP contribution < -0.4 is 15.4 Å². The van der Waals surface area contributed by atoms with Crippen LogP contribution in [0.2, 0.25) is 0 Å². The number of halogens is 1. The standard InChI is InChI=1S/C17H22FN3O3/c1-10(2)15-16(22)19-5-6-21(15)17(23)20-13-8-11-7-12(18)3-4-14(11)24-9-13/h3-4,7,10,13,15H,5-6,8-9H2,1-2H3,(H,19,22)(H,20,23). The summed E-state index contributed by atoms with van der Waals surface area (Å²) in [5.74, 6) is 0.225. The Labute approximate surface area is 140 Å². The van der Waals surface area contributed by atoms with Gasteiger partial charge in [0, 0.05) is 13.1 Å². The van der Waals surface area contributed by atoms with Crippen LogP contribution in [0.1, 0.15) is 19.4 Å². The van der Waals surface area contributed by atoms with E-state index in [1.165, 1.54) is 12.1 Å². The predicted octanol–water partition coefficient (Wildman–Crippen LogP) is 1.30. The van der Waals surface area contributed by atoms with Gasteiger partial charge in [-0.3, -0.25) is 4.79 Å². The summed E-state index contributed by atoms with van der Waals surface area (Å²) in [6, 6.07) is 3.39. The fraction of sp³-hybridized carbons (Fsp3) is 0.529. The van der Waals surface area contributed by atoms with Crippen LogP contribution in [-0.4, -0.2) is 48.6 Å². The Balaban J connectivity index is 1.67. The maximum absolute atomic E-state index is 13.4. The molecular formula is C17H22FN3O3. The number of hydrogen-bond acceptors (Lipinski definition) is 3. The quantitative estimate of drug-likeness (QED) is 0.856. The summed E-state index contributed by atoms with van der Waals surface area (Å²) < 4.78 is 19.0. The monoisotopic (exact) mass is 335 g/mol. The summed E-state index contributed by atoms with van der Waals surface area (Å²) in [7, 11) is 0. The van der Waals surface area contributed by atoms with Crippen LogP contribution in [0.25, 0.3) is 0 Å². The number of nitrogens with one attached hydrogen (secondary N) is 2. The Morgan fingerprint density at radius 1 is 1.46 bits per heavy atom. The largest absolute Gasteiger partial charge is 0.491 e. The normalized spacial score (nSPS) is 23.3. The van der Waals surface area contributed by atoms with Crippen molar-refractivity contribution in [1.29, 1.82) is 0 Å². The highest BCUT2D eigenvalue weighted by Crippen LogP contribution is 2.25. The first-order valence-corrected chi connectivity index (χ1v) is 8.22. The van der Waals surface area contributed by atoms with Gasteiger partial charge in [-0.25, -0.2) is 9.18 Å². The molecule has 2 N–H and O–H groups in total. The molecule has 1 aromatic carbocycles. The highest BCUT2D eigenvalue weighted by molar-refractivity contribution is 5.88. The number of ether oxygens (including phenoxy) is 1. The van der Waals surface area contributed by atoms with E-state index in [4.69, 9.17) is 4.74 Å². The first kappa shape index (κ1) is 16.5. The van der Waals surface area contributed by atoms with E-state index < -0.39 is 6.04 Å². The van der Waals surface area contributed by atoms with Gasteiger partial charge >= 0.3 is 6.03 Å². The number of carbonyl (C=O) groups excluding carboxylic acids is 2. The van der Waals surface area contributed by atoms with Crippen molar-refractivity contribution in [3.05, 3.63) is 29.6 Å². The number of hydrogen-bond donors (Lipinski definition) is 2. The van der Waals surface area contributed by atoms with Crippen LogP contribution >= 0.6 is 0 Å². The molecule has 2 heterocycles. The molecule has 2 aliphatic heterocycles. The molecule has 3 amide bonds. The molecule has 1 fully saturated rings. The first-order valence-electron chi connectivity index (χ1n) is 8.22. The van der Waals surface area contributed by atoms with Gasteiger partial charge in [-0.1, -0.05) is 13.8 Å². The third-order valence-corrected chi connectivity index (χ3v) is 4.41. The second-order valence-corrected chi connectivity index (χ2v) is 6.59. The minimum absolute atomic E-state index is 0.0217. The van der Waals surface area contributed by atoms with Gasteiger partial charge in [-0.15, -0.1) is 0 Å². The van der Waals surface area contributed by atoms with E-state index >= 15 is 0 Å². The number of amides is 3. The van der Waals surface area contributed by atoms with Crippen LogP contribution in [0.4, 0.5) is 9.18 Å². The second-order valence-electron chi connectivity index (χ2n) is 6.59. The van der Waals surface area contributed by atoms with E-state index in [0.29, 0.717) is 31.9 Å². The van der Waals surface area contributed by atoms with Crippen molar-refractivity contribution >= 4 is 11.9 Å². The smallest absolute Gasteiger partial charge is 0.318 e. The van der Waals surface area contributed by atoms with Gasteiger partial charge in [0.2, 0.25) is 5.91 Å². The molecule has 0 saturated carbocycles. The fourth-order valence-corrected chi connectivity index (χ4v) is 3.29. The van der Waals surface area contributed by atoms with Gasteiger partial charge in [-0.05, 0) is 36.1 Å². The predicted molar refractivity (Wildman–Crippen MR) is 86.3 cm³/mol. The molecule has 6 nitrogen and oxygen atoms in total. The summed E-state index contributed by atoms with van der Waals surface area (Å²) in [5.41, 5.74) is 0.739. The Bertz CT molecular complexity index is 650. The SMILES string of the molecule is CC(C)C1C(=O)NCCN1C(=O)NC1COc2ccc(F)cc2C1. The van der Waals surface area contributed by atoms with E-state index in [-0.39, 0.29) is 29.7 Å². The Hall–Kier alpha value is -2.31. The number of rotatable bonds is 2. The Morgan fingerprint density at radius 2 is 2.25 bits per heavy atom. The zero-order valence-electron chi connectivity index (χ0n) is 13.8. The van der Waals surface area contributed by atoms with Crippen molar-refractivity contribution in [1.82, 2.24) is 15.5 Å². The second kappa shape index (κ2) is 6.67. The minimum atomic E-state index is -0.479. The van der Waals surface area contributed by atoms with Crippen molar-refractivity contribution in [3.63, 3.8) is 0 Å². The summed E-state index contributed by atoms with van der Waals surface area (Å²) >= 11 is 0. The van der Waals surface area contributed by atoms with Gasteiger partial charge < -0.3 is 20.3 Å². The van der Waals surface area contributed by atoms with Gasteiger partial charge in [0.25, 0.3) is 0 Å². The highest BCUT2D eigenvalue weighted by Gasteiger charge is 2.36. The van der Waals surface area contributed by atoms with Crippen LogP contribution in [0.5, 0.6) is 5.75 Å². The zero-order chi connectivity index (χ0) is 17.3. The lowest BCUT2D eigenvalue weighted by atomic mass is 9.99. The number of fused-ring (bicyclic) bond motifs is 1. The van der Waals surface area contributed by atoms with Crippen molar-refractivity contribution in [2.24, 2.45) is 5.92 Å². The molecule has 7 heteroatoms. The maximum Gasteiger partial charge on any atom is 0.318 e. The maximum atomic E-state index is 13.4. The van der Waals surface area contributed by atoms with Gasteiger partial charge in [0.1, 0.15) is 24.2 Å². The summed E-state index contributed by atoms with van der Waals surface area (Å²) in [6.07, 6.45) is 0.505. The third-order valence-electron chi connectivity index (χ3n) is 4.41. The molecule has 2 atom stereocenters. The van der Waals surface area contributed by atoms with Crippen LogP contribution in [0, 0.1) is 11.7 Å². The van der Waals surface area contributed by atoms with E-state index in [9.17, 15) is 14.0 Å². The lowest BCUT2D eigenvalue weighted by Gasteiger charge is -2.38. The van der Waals surface area contributed by atoms with Gasteiger partial charge in [0.05, 0.1) is 6.04 Å². The molecule has 2 aliphatic rings. The molecule has 1 aromatic rings. The topological polar surface area (TPSA) is 70.7 Å². The number of urea groups is 1. The molecule has 0 radical (unpaired) electrons. The molecule has 1 saturated heterocycles. The molecular weight excluding hydrogens is 313 g/mol. The van der Waals surface area contributed by atoms with Crippen molar-refractivity contribution in [3.8, 4) is 5.75 Å². The molecule has 0 aromatic heterocycles. The molecule has 130 valence electrons. The minimum Gasteiger partial charge on any atom is -0.491 e. The average molecular weight is 335 g/mol. The summed E-state index contributed by atoms with van der Waals surface area (Å²) in [6.45, 7) is 5.08. The van der Waals surface area contributed by atoms with Gasteiger partial charge in [-0.2, -0.15) is 0 Å². The van der Waals surface area contributed by atoms with E-state index in [1.807, 2.05) is 13.8 Å². The molecule has 24 heavy (non-hydrogen) atoms. The van der Waals surface area contributed by atoms with Crippen LogP contribution in [0.3, 0.4) is 0 Å². The van der Waals surface area contributed by atoms with Gasteiger partial charge in [0.15, 0.2) is 0 Å². The first-order chi connectivity index (χ1) is 11.5. The number of benzene rings is 1. The lowest BCUT2D eigenvalue weighted by Crippen LogP contribution is -2.62. The molecule has 0 bridgehead atoms. The molecule has 0 spiro atoms. The number of nitrogens with zero attached hydrogens (tertiary/aromatic N) is 1. The summed E-state index contributed by atoms with van der Waals surface area (Å²) in [5, 5.41) is 5.71. The Morgan fingerprint density at radius 3 is 3.00 bits per heavy atom. The summed E-state index contributed by atoms with van der Waals surface area (Å²) in [4.78, 5) is 26.2. The molecule has 2 unspecified atom stereocenters. The van der Waals surface area contributed by atoms with E-state index in [2.05, 4.69) is 10.6 Å². The highest BCUT2D eigenvalue weighted by atomic mass is 19.1. The molecule has 0 aliphatic carbocycles. The molecule has 3 rings (SSSR count). The van der Waals surface area contributed by atoms with Crippen molar-refractivity contribution < 1.29 is 18.7 Å². The zero-order valence-corrected chi connectivity index (χ0v) is 13.8. The number of piperazine rings is 1. The third kappa shape index (κ3) is 3.29. The lowest BCUT2D eigenvalue weighted by molar-refractivity contribution is -0.129. The van der Waals surface area contributed by atoms with Crippen molar-refractivity contribution in [2.75, 3.05) is 19.7 Å². The number of carbonyl (C=O) groups is 2. The fourth-order valence-electron chi connectivity index (χ4n) is 3.29. The van der Waals surface area contributed by atoms with Crippen molar-refractivity contribution in [2.45, 2.75) is 32.4 Å².